The second-order valence-electron chi connectivity index (χ2n) is 7.19. The van der Waals surface area contributed by atoms with E-state index in [1.807, 2.05) is 12.1 Å². The molecule has 1 fully saturated rings. The molecule has 6 nitrogen and oxygen atoms in total. The molecule has 7 heteroatoms. The number of rotatable bonds is 8. The first-order valence-electron chi connectivity index (χ1n) is 10.4. The second kappa shape index (κ2) is 13.3. The van der Waals surface area contributed by atoms with Crippen molar-refractivity contribution in [2.45, 2.75) is 44.1 Å². The summed E-state index contributed by atoms with van der Waals surface area (Å²) in [5, 5.41) is 13.7. The van der Waals surface area contributed by atoms with Crippen LogP contribution >= 0.6 is 11.8 Å². The second-order valence-corrected chi connectivity index (χ2v) is 8.05. The van der Waals surface area contributed by atoms with Gasteiger partial charge in [0.15, 0.2) is 11.4 Å². The Bertz CT molecular complexity index is 789. The Kier molecular flexibility index (Phi) is 10.7. The van der Waals surface area contributed by atoms with Crippen molar-refractivity contribution in [3.8, 4) is 0 Å². The van der Waals surface area contributed by atoms with Crippen LogP contribution in [0.5, 0.6) is 0 Å². The van der Waals surface area contributed by atoms with E-state index in [0.717, 1.165) is 23.8 Å². The van der Waals surface area contributed by atoms with Crippen molar-refractivity contribution in [3.63, 3.8) is 0 Å². The molecule has 2 aromatic rings. The number of hydrogen-bond donors (Lipinski definition) is 2. The van der Waals surface area contributed by atoms with E-state index in [2.05, 4.69) is 36.5 Å². The van der Waals surface area contributed by atoms with Crippen LogP contribution in [0.4, 0.5) is 0 Å². The number of nitrogens with one attached hydrogen (secondary N) is 1. The van der Waals surface area contributed by atoms with E-state index < -0.39 is 23.9 Å². The van der Waals surface area contributed by atoms with Crippen LogP contribution in [0, 0.1) is 0 Å². The number of aryl methyl sites for hydroxylation is 1. The Balaban J connectivity index is 0.000000357. The van der Waals surface area contributed by atoms with Crippen molar-refractivity contribution in [2.24, 2.45) is 0 Å². The third-order valence-electron chi connectivity index (χ3n) is 5.07. The molecule has 3 unspecified atom stereocenters. The highest BCUT2D eigenvalue weighted by molar-refractivity contribution is 8.11. The van der Waals surface area contributed by atoms with Crippen LogP contribution in [0.2, 0.25) is 0 Å². The molecule has 0 radical (unpaired) electrons. The van der Waals surface area contributed by atoms with Crippen LogP contribution in [0.15, 0.2) is 60.7 Å². The van der Waals surface area contributed by atoms with Crippen LogP contribution < -0.4 is 5.32 Å². The molecule has 1 aliphatic heterocycles. The molecular formula is C24H31NO5S. The van der Waals surface area contributed by atoms with Crippen LogP contribution in [0.3, 0.4) is 0 Å². The molecule has 0 aliphatic carbocycles. The van der Waals surface area contributed by atoms with E-state index in [4.69, 9.17) is 9.47 Å². The molecule has 1 heterocycles. The number of likely N-dealkylation sites (N-methyl/N-ethyl adjacent to an activating group) is 1. The lowest BCUT2D eigenvalue weighted by molar-refractivity contribution is -0.255. The Morgan fingerprint density at radius 3 is 2.45 bits per heavy atom. The van der Waals surface area contributed by atoms with E-state index >= 15 is 0 Å². The summed E-state index contributed by atoms with van der Waals surface area (Å²) in [6.45, 7) is 2.45. The SMILES string of the molecule is CCc1ccccc1.CNC(CSC=O)C1(O)CC(OC(=O)c2ccccc2)CCO1. The first kappa shape index (κ1) is 25.1. The van der Waals surface area contributed by atoms with Crippen LogP contribution in [-0.2, 0) is 20.7 Å². The van der Waals surface area contributed by atoms with Gasteiger partial charge in [-0.3, -0.25) is 4.79 Å². The predicted octanol–water partition coefficient (Wildman–Crippen LogP) is 3.47. The molecule has 0 saturated carbocycles. The van der Waals surface area contributed by atoms with Crippen molar-refractivity contribution >= 4 is 23.3 Å². The van der Waals surface area contributed by atoms with E-state index in [1.54, 1.807) is 31.3 Å². The first-order chi connectivity index (χ1) is 15.0. The van der Waals surface area contributed by atoms with Crippen molar-refractivity contribution in [1.29, 1.82) is 0 Å². The molecule has 0 bridgehead atoms. The van der Waals surface area contributed by atoms with Gasteiger partial charge in [0.1, 0.15) is 6.10 Å². The molecule has 1 aliphatic rings. The lowest BCUT2D eigenvalue weighted by Crippen LogP contribution is -2.57. The minimum absolute atomic E-state index is 0.163. The molecule has 3 rings (SSSR count). The maximum Gasteiger partial charge on any atom is 0.338 e. The van der Waals surface area contributed by atoms with Gasteiger partial charge < -0.3 is 19.9 Å². The van der Waals surface area contributed by atoms with Gasteiger partial charge in [0.2, 0.25) is 0 Å². The van der Waals surface area contributed by atoms with Gasteiger partial charge in [-0.05, 0) is 31.2 Å². The summed E-state index contributed by atoms with van der Waals surface area (Å²) in [6, 6.07) is 18.8. The lowest BCUT2D eigenvalue weighted by atomic mass is 9.96. The molecule has 31 heavy (non-hydrogen) atoms. The molecule has 0 amide bonds. The third-order valence-corrected chi connectivity index (χ3v) is 5.73. The maximum atomic E-state index is 12.1. The number of carbonyl (C=O) groups is 2. The van der Waals surface area contributed by atoms with E-state index in [0.29, 0.717) is 17.7 Å². The summed E-state index contributed by atoms with van der Waals surface area (Å²) in [7, 11) is 1.69. The first-order valence-corrected chi connectivity index (χ1v) is 11.5. The van der Waals surface area contributed by atoms with Gasteiger partial charge in [0, 0.05) is 18.6 Å². The van der Waals surface area contributed by atoms with Gasteiger partial charge in [-0.15, -0.1) is 0 Å². The van der Waals surface area contributed by atoms with Gasteiger partial charge in [0.25, 0.3) is 0 Å². The molecule has 1 saturated heterocycles. The predicted molar refractivity (Wildman–Crippen MR) is 124 cm³/mol. The highest BCUT2D eigenvalue weighted by Crippen LogP contribution is 2.29. The summed E-state index contributed by atoms with van der Waals surface area (Å²) in [5.74, 6) is -1.51. The normalized spacial score (nSPS) is 21.3. The number of aliphatic hydroxyl groups is 1. The maximum absolute atomic E-state index is 12.1. The molecule has 3 atom stereocenters. The highest BCUT2D eigenvalue weighted by atomic mass is 32.2. The minimum Gasteiger partial charge on any atom is -0.458 e. The number of ether oxygens (including phenoxy) is 2. The zero-order chi connectivity index (χ0) is 22.5. The fraction of sp³-hybridized carbons (Fsp3) is 0.417. The van der Waals surface area contributed by atoms with E-state index in [9.17, 15) is 14.7 Å². The minimum atomic E-state index is -1.47. The zero-order valence-corrected chi connectivity index (χ0v) is 18.8. The Morgan fingerprint density at radius 1 is 1.26 bits per heavy atom. The monoisotopic (exact) mass is 445 g/mol. The Morgan fingerprint density at radius 2 is 1.90 bits per heavy atom. The summed E-state index contributed by atoms with van der Waals surface area (Å²) >= 11 is 1.05. The molecule has 168 valence electrons. The smallest absolute Gasteiger partial charge is 0.338 e. The van der Waals surface area contributed by atoms with Gasteiger partial charge in [-0.25, -0.2) is 4.79 Å². The summed E-state index contributed by atoms with van der Waals surface area (Å²) in [6.07, 6.45) is 1.40. The largest absolute Gasteiger partial charge is 0.458 e. The van der Waals surface area contributed by atoms with Crippen molar-refractivity contribution in [2.75, 3.05) is 19.4 Å². The number of benzene rings is 2. The topological polar surface area (TPSA) is 84.9 Å². The van der Waals surface area contributed by atoms with Gasteiger partial charge in [-0.2, -0.15) is 0 Å². The van der Waals surface area contributed by atoms with E-state index in [1.165, 1.54) is 5.56 Å². The van der Waals surface area contributed by atoms with Crippen LogP contribution in [0.25, 0.3) is 0 Å². The molecule has 0 aromatic heterocycles. The quantitative estimate of drug-likeness (QED) is 0.475. The molecular weight excluding hydrogens is 414 g/mol. The van der Waals surface area contributed by atoms with Crippen molar-refractivity contribution < 1.29 is 24.2 Å². The fourth-order valence-corrected chi connectivity index (χ4v) is 3.98. The Hall–Kier alpha value is -2.19. The lowest BCUT2D eigenvalue weighted by Gasteiger charge is -2.41. The number of carbonyl (C=O) groups excluding carboxylic acids is 2. The third kappa shape index (κ3) is 8.10. The molecule has 2 N–H and O–H groups in total. The summed E-state index contributed by atoms with van der Waals surface area (Å²) in [5.41, 5.74) is 2.61. The molecule has 2 aromatic carbocycles. The van der Waals surface area contributed by atoms with Crippen molar-refractivity contribution in [3.05, 3.63) is 71.8 Å². The van der Waals surface area contributed by atoms with E-state index in [-0.39, 0.29) is 13.0 Å². The van der Waals surface area contributed by atoms with Gasteiger partial charge >= 0.3 is 5.97 Å². The molecule has 0 spiro atoms. The van der Waals surface area contributed by atoms with Crippen LogP contribution in [-0.4, -0.2) is 54.0 Å². The highest BCUT2D eigenvalue weighted by Gasteiger charge is 2.43. The average Bonchev–Trinajstić information content (AvgIpc) is 2.81. The fourth-order valence-electron chi connectivity index (χ4n) is 3.28. The standard InChI is InChI=1S/C16H21NO5S.C8H10/c1-17-14(10-23-11-18)16(20)9-13(7-8-21-16)22-15(19)12-5-3-2-4-6-12;1-2-8-6-4-3-5-7-8/h2-6,11,13-14,17,20H,7-10H2,1H3;3-7H,2H2,1H3. The number of esters is 1. The van der Waals surface area contributed by atoms with Gasteiger partial charge in [0.05, 0.1) is 18.2 Å². The van der Waals surface area contributed by atoms with Crippen LogP contribution in [0.1, 0.15) is 35.7 Å². The Labute approximate surface area is 188 Å². The number of hydrogen-bond acceptors (Lipinski definition) is 7. The van der Waals surface area contributed by atoms with Gasteiger partial charge in [-0.1, -0.05) is 67.2 Å². The number of thioether (sulfide) groups is 1. The average molecular weight is 446 g/mol. The zero-order valence-electron chi connectivity index (χ0n) is 18.0. The summed E-state index contributed by atoms with van der Waals surface area (Å²) < 4.78 is 11.0. The van der Waals surface area contributed by atoms with Crippen molar-refractivity contribution in [1.82, 2.24) is 5.32 Å². The summed E-state index contributed by atoms with van der Waals surface area (Å²) in [4.78, 5) is 22.6.